The van der Waals surface area contributed by atoms with Crippen LogP contribution in [0.3, 0.4) is 0 Å². The first-order valence-electron chi connectivity index (χ1n) is 7.73. The Kier molecular flexibility index (Phi) is 9.55. The highest BCUT2D eigenvalue weighted by Crippen LogP contribution is 2.20. The first-order valence-corrected chi connectivity index (χ1v) is 10.5. The standard InChI is InChI=1S/C10H14O3S.C8H8O3S.H2O/c1-3-8(2)9-4-6-10(7-5-9)14(11,12)13;1-2-7-3-5-8(6-4-7)12(9,10)11;/h4-8H,3H2,1-2H3,(H,11,12,13);2-6H,1H2,(H,9,10,11);1H2/p-2. The van der Waals surface area contributed by atoms with E-state index in [1.54, 1.807) is 18.2 Å². The SMILES string of the molecule is C=Cc1ccc(S(=O)(=O)[O-])cc1.CCC(C)c1ccc(S(=O)(=O)[O-])cc1.O. The number of hydrogen-bond donors (Lipinski definition) is 0. The smallest absolute Gasteiger partial charge is 0.124 e. The summed E-state index contributed by atoms with van der Waals surface area (Å²) in [4.78, 5) is -0.377. The predicted molar refractivity (Wildman–Crippen MR) is 101 cm³/mol. The minimum Gasteiger partial charge on any atom is -0.744 e. The zero-order chi connectivity index (χ0) is 20.0. The fourth-order valence-corrected chi connectivity index (χ4v) is 2.91. The summed E-state index contributed by atoms with van der Waals surface area (Å²) in [5.41, 5.74) is 1.84. The molecule has 150 valence electrons. The van der Waals surface area contributed by atoms with Crippen LogP contribution < -0.4 is 0 Å². The lowest BCUT2D eigenvalue weighted by molar-refractivity contribution is 0.461. The average Bonchev–Trinajstić information content (AvgIpc) is 2.60. The van der Waals surface area contributed by atoms with Crippen LogP contribution in [0.1, 0.15) is 37.3 Å². The Bertz CT molecular complexity index is 930. The Labute approximate surface area is 160 Å². The van der Waals surface area contributed by atoms with Crippen LogP contribution in [-0.4, -0.2) is 31.4 Å². The fraction of sp³-hybridized carbons (Fsp3) is 0.222. The topological polar surface area (TPSA) is 146 Å². The summed E-state index contributed by atoms with van der Waals surface area (Å²) < 4.78 is 63.2. The van der Waals surface area contributed by atoms with Crippen molar-refractivity contribution in [1.29, 1.82) is 0 Å². The Hall–Kier alpha value is -2.04. The maximum Gasteiger partial charge on any atom is 0.124 e. The molecule has 0 aromatic heterocycles. The summed E-state index contributed by atoms with van der Waals surface area (Å²) >= 11 is 0. The van der Waals surface area contributed by atoms with Crippen molar-refractivity contribution in [2.24, 2.45) is 0 Å². The van der Waals surface area contributed by atoms with E-state index in [0.29, 0.717) is 5.92 Å². The van der Waals surface area contributed by atoms with Crippen molar-refractivity contribution >= 4 is 26.3 Å². The summed E-state index contributed by atoms with van der Waals surface area (Å²) in [5, 5.41) is 0. The first kappa shape index (κ1) is 25.0. The average molecular weight is 415 g/mol. The first-order chi connectivity index (χ1) is 12.0. The second-order valence-corrected chi connectivity index (χ2v) is 8.32. The molecule has 0 aliphatic carbocycles. The molecule has 27 heavy (non-hydrogen) atoms. The molecule has 0 aliphatic heterocycles. The van der Waals surface area contributed by atoms with Crippen LogP contribution in [0, 0.1) is 0 Å². The van der Waals surface area contributed by atoms with Gasteiger partial charge >= 0.3 is 0 Å². The van der Waals surface area contributed by atoms with Crippen molar-refractivity contribution in [2.45, 2.75) is 36.0 Å². The van der Waals surface area contributed by atoms with Gasteiger partial charge in [0, 0.05) is 0 Å². The zero-order valence-electron chi connectivity index (χ0n) is 15.0. The molecule has 0 aliphatic rings. The Morgan fingerprint density at radius 3 is 1.56 bits per heavy atom. The molecule has 9 heteroatoms. The van der Waals surface area contributed by atoms with Crippen LogP contribution in [-0.2, 0) is 20.2 Å². The van der Waals surface area contributed by atoms with Crippen molar-refractivity contribution < 1.29 is 31.4 Å². The molecular formula is C18H22O7S2-2. The molecular weight excluding hydrogens is 392 g/mol. The highest BCUT2D eigenvalue weighted by molar-refractivity contribution is 7.86. The van der Waals surface area contributed by atoms with E-state index in [2.05, 4.69) is 20.4 Å². The van der Waals surface area contributed by atoms with Crippen LogP contribution in [0.25, 0.3) is 6.08 Å². The molecule has 0 saturated carbocycles. The van der Waals surface area contributed by atoms with Gasteiger partial charge in [0.2, 0.25) is 0 Å². The Balaban J connectivity index is 0.000000488. The van der Waals surface area contributed by atoms with Crippen molar-refractivity contribution in [3.63, 3.8) is 0 Å². The van der Waals surface area contributed by atoms with Crippen LogP contribution in [0.5, 0.6) is 0 Å². The van der Waals surface area contributed by atoms with Gasteiger partial charge in [-0.05, 0) is 47.7 Å². The molecule has 1 unspecified atom stereocenters. The molecule has 2 rings (SSSR count). The Morgan fingerprint density at radius 2 is 1.26 bits per heavy atom. The zero-order valence-corrected chi connectivity index (χ0v) is 16.6. The molecule has 7 nitrogen and oxygen atoms in total. The van der Waals surface area contributed by atoms with E-state index in [0.717, 1.165) is 17.5 Å². The number of rotatable bonds is 5. The third-order valence-corrected chi connectivity index (χ3v) is 5.45. The molecule has 2 N–H and O–H groups in total. The van der Waals surface area contributed by atoms with Crippen LogP contribution >= 0.6 is 0 Å². The third-order valence-electron chi connectivity index (χ3n) is 3.75. The molecule has 0 saturated heterocycles. The van der Waals surface area contributed by atoms with Gasteiger partial charge < -0.3 is 14.6 Å². The van der Waals surface area contributed by atoms with E-state index in [1.165, 1.54) is 36.4 Å². The quantitative estimate of drug-likeness (QED) is 0.687. The van der Waals surface area contributed by atoms with Gasteiger partial charge in [-0.1, -0.05) is 50.8 Å². The molecule has 0 radical (unpaired) electrons. The fourth-order valence-electron chi connectivity index (χ4n) is 1.97. The van der Waals surface area contributed by atoms with Gasteiger partial charge in [-0.25, -0.2) is 16.8 Å². The summed E-state index contributed by atoms with van der Waals surface area (Å²) in [6.07, 6.45) is 2.56. The minimum absolute atomic E-state index is 0. The maximum atomic E-state index is 10.6. The van der Waals surface area contributed by atoms with E-state index in [-0.39, 0.29) is 15.3 Å². The molecule has 0 fully saturated rings. The van der Waals surface area contributed by atoms with Crippen molar-refractivity contribution in [2.75, 3.05) is 0 Å². The molecule has 2 aromatic carbocycles. The van der Waals surface area contributed by atoms with Crippen LogP contribution in [0.15, 0.2) is 64.9 Å². The number of hydrogen-bond acceptors (Lipinski definition) is 6. The van der Waals surface area contributed by atoms with Crippen molar-refractivity contribution in [3.8, 4) is 0 Å². The van der Waals surface area contributed by atoms with E-state index < -0.39 is 20.2 Å². The van der Waals surface area contributed by atoms with Gasteiger partial charge in [0.1, 0.15) is 20.2 Å². The predicted octanol–water partition coefficient (Wildman–Crippen LogP) is 2.51. The lowest BCUT2D eigenvalue weighted by Crippen LogP contribution is -1.99. The third kappa shape index (κ3) is 8.02. The summed E-state index contributed by atoms with van der Waals surface area (Å²) in [7, 11) is -8.61. The van der Waals surface area contributed by atoms with Crippen molar-refractivity contribution in [3.05, 3.63) is 66.2 Å². The normalized spacial score (nSPS) is 12.1. The Morgan fingerprint density at radius 1 is 0.889 bits per heavy atom. The molecule has 0 bridgehead atoms. The monoisotopic (exact) mass is 414 g/mol. The maximum absolute atomic E-state index is 10.6. The van der Waals surface area contributed by atoms with E-state index in [4.69, 9.17) is 0 Å². The van der Waals surface area contributed by atoms with E-state index in [9.17, 15) is 25.9 Å². The summed E-state index contributed by atoms with van der Waals surface area (Å²) in [5.74, 6) is 0.387. The van der Waals surface area contributed by atoms with Gasteiger partial charge in [-0.2, -0.15) is 0 Å². The molecule has 1 atom stereocenters. The molecule has 0 amide bonds. The highest BCUT2D eigenvalue weighted by Gasteiger charge is 2.04. The highest BCUT2D eigenvalue weighted by atomic mass is 32.2. The largest absolute Gasteiger partial charge is 0.744 e. The molecule has 0 heterocycles. The van der Waals surface area contributed by atoms with Gasteiger partial charge in [-0.15, -0.1) is 0 Å². The van der Waals surface area contributed by atoms with E-state index >= 15 is 0 Å². The van der Waals surface area contributed by atoms with Gasteiger partial charge in [0.25, 0.3) is 0 Å². The van der Waals surface area contributed by atoms with Crippen molar-refractivity contribution in [1.82, 2.24) is 0 Å². The lowest BCUT2D eigenvalue weighted by Gasteiger charge is -2.11. The summed E-state index contributed by atoms with van der Waals surface area (Å²) in [6, 6.07) is 11.7. The lowest BCUT2D eigenvalue weighted by atomic mass is 9.99. The summed E-state index contributed by atoms with van der Waals surface area (Å²) in [6.45, 7) is 7.61. The molecule has 2 aromatic rings. The van der Waals surface area contributed by atoms with Crippen LogP contribution in [0.2, 0.25) is 0 Å². The van der Waals surface area contributed by atoms with Crippen LogP contribution in [0.4, 0.5) is 0 Å². The second kappa shape index (κ2) is 10.3. The second-order valence-electron chi connectivity index (χ2n) is 5.56. The minimum atomic E-state index is -4.31. The number of benzene rings is 2. The molecule has 0 spiro atoms. The van der Waals surface area contributed by atoms with Gasteiger partial charge in [0.15, 0.2) is 0 Å². The van der Waals surface area contributed by atoms with Gasteiger partial charge in [-0.3, -0.25) is 0 Å². The van der Waals surface area contributed by atoms with Gasteiger partial charge in [0.05, 0.1) is 9.79 Å². The van der Waals surface area contributed by atoms with E-state index in [1.807, 2.05) is 0 Å².